The minimum absolute atomic E-state index is 0.339. The molecule has 0 saturated carbocycles. The van der Waals surface area contributed by atoms with Gasteiger partial charge in [0.15, 0.2) is 0 Å². The van der Waals surface area contributed by atoms with Crippen molar-refractivity contribution in [2.24, 2.45) is 0 Å². The summed E-state index contributed by atoms with van der Waals surface area (Å²) in [4.78, 5) is 5.20. The van der Waals surface area contributed by atoms with Crippen LogP contribution in [0, 0.1) is 6.92 Å². The Morgan fingerprint density at radius 3 is 2.65 bits per heavy atom. The minimum Gasteiger partial charge on any atom is -0.291 e. The third-order valence-corrected chi connectivity index (χ3v) is 6.28. The summed E-state index contributed by atoms with van der Waals surface area (Å²) < 4.78 is 28.0. The highest BCUT2D eigenvalue weighted by Crippen LogP contribution is 2.42. The van der Waals surface area contributed by atoms with Gasteiger partial charge in [-0.3, -0.25) is 4.57 Å². The van der Waals surface area contributed by atoms with Crippen LogP contribution in [0.2, 0.25) is 0 Å². The van der Waals surface area contributed by atoms with Crippen molar-refractivity contribution in [2.45, 2.75) is 16.7 Å². The molecular formula is C18H12N2O2S. The highest BCUT2D eigenvalue weighted by Gasteiger charge is 2.32. The summed E-state index contributed by atoms with van der Waals surface area (Å²) >= 11 is 0. The molecule has 0 unspecified atom stereocenters. The van der Waals surface area contributed by atoms with Crippen molar-refractivity contribution in [3.63, 3.8) is 0 Å². The first kappa shape index (κ1) is 12.8. The SMILES string of the molecule is Cc1ccc2c(c1)-n1c3ncccc3c3cccc(c31)S2(=O)=O. The molecule has 0 bridgehead atoms. The second kappa shape index (κ2) is 4.00. The highest BCUT2D eigenvalue weighted by atomic mass is 32.2. The summed E-state index contributed by atoms with van der Waals surface area (Å²) in [6, 6.07) is 14.7. The Morgan fingerprint density at radius 2 is 1.78 bits per heavy atom. The molecule has 0 aliphatic carbocycles. The van der Waals surface area contributed by atoms with Crippen LogP contribution in [0.25, 0.3) is 27.6 Å². The number of benzene rings is 2. The number of aromatic nitrogens is 2. The Balaban J connectivity index is 2.18. The van der Waals surface area contributed by atoms with Crippen LogP contribution in [0.4, 0.5) is 0 Å². The molecule has 5 rings (SSSR count). The van der Waals surface area contributed by atoms with Crippen LogP contribution in [-0.4, -0.2) is 18.0 Å². The standard InChI is InChI=1S/C18H12N2O2S/c1-11-7-8-15-14(10-11)20-17-12(13-5-3-9-19-18(13)20)4-2-6-16(17)23(15,21)22/h2-10H,1H3. The van der Waals surface area contributed by atoms with Crippen molar-refractivity contribution in [3.05, 3.63) is 60.3 Å². The van der Waals surface area contributed by atoms with E-state index >= 15 is 0 Å². The summed E-state index contributed by atoms with van der Waals surface area (Å²) in [5.74, 6) is 0. The van der Waals surface area contributed by atoms with Gasteiger partial charge in [0.1, 0.15) is 5.65 Å². The molecule has 1 aliphatic rings. The molecule has 0 spiro atoms. The van der Waals surface area contributed by atoms with Crippen LogP contribution >= 0.6 is 0 Å². The smallest absolute Gasteiger partial charge is 0.210 e. The first-order chi connectivity index (χ1) is 11.1. The van der Waals surface area contributed by atoms with Gasteiger partial charge in [-0.25, -0.2) is 13.4 Å². The number of pyridine rings is 1. The molecule has 0 fully saturated rings. The van der Waals surface area contributed by atoms with E-state index < -0.39 is 9.84 Å². The lowest BCUT2D eigenvalue weighted by atomic mass is 10.2. The number of rotatable bonds is 0. The van der Waals surface area contributed by atoms with E-state index in [-0.39, 0.29) is 0 Å². The Morgan fingerprint density at radius 1 is 0.957 bits per heavy atom. The van der Waals surface area contributed by atoms with Gasteiger partial charge in [0.05, 0.1) is 21.0 Å². The zero-order chi connectivity index (χ0) is 15.8. The fraction of sp³-hybridized carbons (Fsp3) is 0.0556. The van der Waals surface area contributed by atoms with Crippen molar-refractivity contribution in [3.8, 4) is 5.69 Å². The molecule has 3 heterocycles. The van der Waals surface area contributed by atoms with Crippen molar-refractivity contribution in [1.29, 1.82) is 0 Å². The van der Waals surface area contributed by atoms with E-state index in [0.29, 0.717) is 15.5 Å². The van der Waals surface area contributed by atoms with Gasteiger partial charge in [0.25, 0.3) is 0 Å². The second-order valence-electron chi connectivity index (χ2n) is 5.84. The molecule has 0 N–H and O–H groups in total. The molecule has 23 heavy (non-hydrogen) atoms. The van der Waals surface area contributed by atoms with Gasteiger partial charge < -0.3 is 0 Å². The molecule has 0 atom stereocenters. The first-order valence-corrected chi connectivity index (χ1v) is 8.81. The van der Waals surface area contributed by atoms with Crippen LogP contribution < -0.4 is 0 Å². The van der Waals surface area contributed by atoms with Gasteiger partial charge in [-0.15, -0.1) is 0 Å². The molecule has 112 valence electrons. The summed E-state index contributed by atoms with van der Waals surface area (Å²) in [5, 5.41) is 1.88. The third-order valence-electron chi connectivity index (χ3n) is 4.45. The third kappa shape index (κ3) is 1.45. The second-order valence-corrected chi connectivity index (χ2v) is 7.72. The average molecular weight is 320 g/mol. The molecule has 0 radical (unpaired) electrons. The predicted molar refractivity (Wildman–Crippen MR) is 88.8 cm³/mol. The van der Waals surface area contributed by atoms with Crippen molar-refractivity contribution >= 4 is 31.8 Å². The van der Waals surface area contributed by atoms with Crippen LogP contribution in [0.15, 0.2) is 64.5 Å². The zero-order valence-electron chi connectivity index (χ0n) is 12.3. The van der Waals surface area contributed by atoms with E-state index in [2.05, 4.69) is 4.98 Å². The van der Waals surface area contributed by atoms with Crippen LogP contribution in [-0.2, 0) is 9.84 Å². The van der Waals surface area contributed by atoms with E-state index in [1.54, 1.807) is 24.4 Å². The normalized spacial score (nSPS) is 15.0. The molecular weight excluding hydrogens is 308 g/mol. The molecule has 1 aliphatic heterocycles. The zero-order valence-corrected chi connectivity index (χ0v) is 13.1. The average Bonchev–Trinajstić information content (AvgIpc) is 2.88. The number of hydrogen-bond donors (Lipinski definition) is 0. The number of fused-ring (bicyclic) bond motifs is 5. The number of nitrogens with zero attached hydrogens (tertiary/aromatic N) is 2. The molecule has 4 nitrogen and oxygen atoms in total. The number of para-hydroxylation sites is 1. The van der Waals surface area contributed by atoms with Crippen LogP contribution in [0.5, 0.6) is 0 Å². The predicted octanol–water partition coefficient (Wildman–Crippen LogP) is 3.63. The van der Waals surface area contributed by atoms with E-state index in [0.717, 1.165) is 27.5 Å². The van der Waals surface area contributed by atoms with Crippen LogP contribution in [0.3, 0.4) is 0 Å². The van der Waals surface area contributed by atoms with Gasteiger partial charge >= 0.3 is 0 Å². The Labute approximate surface area is 132 Å². The maximum Gasteiger partial charge on any atom is 0.210 e. The van der Waals surface area contributed by atoms with Gasteiger partial charge in [0, 0.05) is 17.0 Å². The van der Waals surface area contributed by atoms with E-state index in [9.17, 15) is 8.42 Å². The van der Waals surface area contributed by atoms with Gasteiger partial charge in [-0.2, -0.15) is 0 Å². The first-order valence-electron chi connectivity index (χ1n) is 7.33. The Kier molecular flexibility index (Phi) is 2.23. The largest absolute Gasteiger partial charge is 0.291 e. The van der Waals surface area contributed by atoms with Crippen molar-refractivity contribution < 1.29 is 8.42 Å². The monoisotopic (exact) mass is 320 g/mol. The molecule has 0 saturated heterocycles. The van der Waals surface area contributed by atoms with Gasteiger partial charge in [-0.05, 0) is 42.8 Å². The van der Waals surface area contributed by atoms with E-state index in [1.165, 1.54) is 0 Å². The lowest BCUT2D eigenvalue weighted by Gasteiger charge is -2.20. The lowest BCUT2D eigenvalue weighted by Crippen LogP contribution is -2.14. The molecule has 0 amide bonds. The van der Waals surface area contributed by atoms with Gasteiger partial charge in [-0.1, -0.05) is 18.2 Å². The Hall–Kier alpha value is -2.66. The summed E-state index contributed by atoms with van der Waals surface area (Å²) in [7, 11) is -3.52. The van der Waals surface area contributed by atoms with E-state index in [4.69, 9.17) is 0 Å². The highest BCUT2D eigenvalue weighted by molar-refractivity contribution is 7.92. The Bertz CT molecular complexity index is 1240. The maximum absolute atomic E-state index is 13.0. The fourth-order valence-electron chi connectivity index (χ4n) is 3.46. The van der Waals surface area contributed by atoms with Crippen molar-refractivity contribution in [1.82, 2.24) is 9.55 Å². The van der Waals surface area contributed by atoms with Gasteiger partial charge in [0.2, 0.25) is 9.84 Å². The summed E-state index contributed by atoms with van der Waals surface area (Å²) in [6.07, 6.45) is 1.74. The molecule has 4 aromatic rings. The number of aryl methyl sites for hydroxylation is 1. The van der Waals surface area contributed by atoms with Crippen LogP contribution in [0.1, 0.15) is 5.56 Å². The topological polar surface area (TPSA) is 52.0 Å². The molecule has 2 aromatic carbocycles. The maximum atomic E-state index is 13.0. The number of sulfone groups is 1. The molecule has 5 heteroatoms. The molecule has 2 aromatic heterocycles. The fourth-order valence-corrected chi connectivity index (χ4v) is 5.08. The summed E-state index contributed by atoms with van der Waals surface area (Å²) in [6.45, 7) is 1.96. The number of hydrogen-bond acceptors (Lipinski definition) is 3. The lowest BCUT2D eigenvalue weighted by molar-refractivity contribution is 0.594. The minimum atomic E-state index is -3.52. The van der Waals surface area contributed by atoms with E-state index in [1.807, 2.05) is 41.8 Å². The quantitative estimate of drug-likeness (QED) is 0.438. The summed E-state index contributed by atoms with van der Waals surface area (Å²) in [5.41, 5.74) is 3.21. The van der Waals surface area contributed by atoms with Crippen molar-refractivity contribution in [2.75, 3.05) is 0 Å².